The van der Waals surface area contributed by atoms with Crippen LogP contribution in [0.5, 0.6) is 0 Å². The van der Waals surface area contributed by atoms with Gasteiger partial charge in [-0.25, -0.2) is 9.97 Å². The summed E-state index contributed by atoms with van der Waals surface area (Å²) in [6.45, 7) is 1.82. The van der Waals surface area contributed by atoms with E-state index in [2.05, 4.69) is 25.6 Å². The van der Waals surface area contributed by atoms with E-state index in [-0.39, 0.29) is 11.5 Å². The van der Waals surface area contributed by atoms with Crippen LogP contribution in [0.4, 0.5) is 17.3 Å². The average Bonchev–Trinajstić information content (AvgIpc) is 2.65. The third-order valence-electron chi connectivity index (χ3n) is 3.95. The van der Waals surface area contributed by atoms with Gasteiger partial charge in [-0.3, -0.25) is 14.6 Å². The van der Waals surface area contributed by atoms with Gasteiger partial charge in [0.1, 0.15) is 11.9 Å². The minimum Gasteiger partial charge on any atom is -0.368 e. The van der Waals surface area contributed by atoms with Crippen molar-refractivity contribution in [3.8, 4) is 0 Å². The maximum Gasteiger partial charge on any atom is 0.271 e. The topological polar surface area (TPSA) is 149 Å². The molecule has 27 heavy (non-hydrogen) atoms. The van der Waals surface area contributed by atoms with E-state index in [1.54, 1.807) is 12.3 Å². The number of carbonyl (C=O) groups is 2. The third-order valence-corrected chi connectivity index (χ3v) is 3.95. The van der Waals surface area contributed by atoms with Crippen LogP contribution in [0.3, 0.4) is 0 Å². The Labute approximate surface area is 155 Å². The summed E-state index contributed by atoms with van der Waals surface area (Å²) < 4.78 is 0. The zero-order valence-electron chi connectivity index (χ0n) is 14.6. The average molecular weight is 365 g/mol. The van der Waals surface area contributed by atoms with Crippen LogP contribution in [0.25, 0.3) is 10.9 Å². The van der Waals surface area contributed by atoms with Gasteiger partial charge in [-0.1, -0.05) is 13.0 Å². The van der Waals surface area contributed by atoms with Gasteiger partial charge in [0.2, 0.25) is 5.91 Å². The molecule has 0 aliphatic heterocycles. The number of pyridine rings is 1. The van der Waals surface area contributed by atoms with Crippen molar-refractivity contribution in [3.05, 3.63) is 48.4 Å². The molecular weight excluding hydrogens is 346 g/mol. The van der Waals surface area contributed by atoms with Gasteiger partial charge in [0.25, 0.3) is 5.91 Å². The van der Waals surface area contributed by atoms with Gasteiger partial charge in [0.15, 0.2) is 11.5 Å². The van der Waals surface area contributed by atoms with Crippen molar-refractivity contribution in [2.24, 2.45) is 11.5 Å². The molecule has 2 aromatic heterocycles. The normalized spacial score (nSPS) is 11.7. The van der Waals surface area contributed by atoms with Crippen molar-refractivity contribution < 1.29 is 9.59 Å². The highest BCUT2D eigenvalue weighted by Gasteiger charge is 2.17. The Hall–Kier alpha value is -3.75. The minimum atomic E-state index is -0.721. The van der Waals surface area contributed by atoms with Gasteiger partial charge in [-0.05, 0) is 30.7 Å². The SMILES string of the molecule is CCC(Nc1cnc(C(N)=O)c(Nc2ccc3ncccc3c2)n1)C(N)=O. The third kappa shape index (κ3) is 4.09. The first-order valence-electron chi connectivity index (χ1n) is 8.32. The number of primary amides is 2. The molecule has 6 N–H and O–H groups in total. The Morgan fingerprint density at radius 3 is 2.70 bits per heavy atom. The molecule has 0 aliphatic rings. The van der Waals surface area contributed by atoms with E-state index < -0.39 is 17.9 Å². The number of rotatable bonds is 7. The fraction of sp³-hybridized carbons (Fsp3) is 0.167. The number of hydrogen-bond donors (Lipinski definition) is 4. The molecule has 3 aromatic rings. The Morgan fingerprint density at radius 2 is 2.00 bits per heavy atom. The van der Waals surface area contributed by atoms with Crippen molar-refractivity contribution >= 4 is 40.0 Å². The zero-order chi connectivity index (χ0) is 19.4. The van der Waals surface area contributed by atoms with Gasteiger partial charge < -0.3 is 22.1 Å². The molecule has 1 unspecified atom stereocenters. The summed E-state index contributed by atoms with van der Waals surface area (Å²) in [7, 11) is 0. The number of nitrogens with zero attached hydrogens (tertiary/aromatic N) is 3. The Balaban J connectivity index is 1.94. The van der Waals surface area contributed by atoms with Crippen molar-refractivity contribution in [1.29, 1.82) is 0 Å². The first kappa shape index (κ1) is 18.1. The zero-order valence-corrected chi connectivity index (χ0v) is 14.6. The van der Waals surface area contributed by atoms with E-state index in [1.165, 1.54) is 6.20 Å². The molecule has 0 spiro atoms. The highest BCUT2D eigenvalue weighted by atomic mass is 16.1. The Bertz CT molecular complexity index is 1010. The molecule has 0 aliphatic carbocycles. The standard InChI is InChI=1S/C18H19N7O2/c1-2-12(16(19)26)24-14-9-22-15(17(20)27)18(25-14)23-11-5-6-13-10(8-11)4-3-7-21-13/h3-9,12H,2H2,1H3,(H2,19,26)(H2,20,27)(H2,23,24,25). The second-order valence-corrected chi connectivity index (χ2v) is 5.86. The highest BCUT2D eigenvalue weighted by Crippen LogP contribution is 2.23. The summed E-state index contributed by atoms with van der Waals surface area (Å²) in [5, 5.41) is 6.87. The van der Waals surface area contributed by atoms with E-state index in [0.29, 0.717) is 17.9 Å². The van der Waals surface area contributed by atoms with E-state index in [4.69, 9.17) is 11.5 Å². The van der Waals surface area contributed by atoms with Gasteiger partial charge in [0, 0.05) is 17.3 Å². The summed E-state index contributed by atoms with van der Waals surface area (Å²) in [5.41, 5.74) is 12.3. The van der Waals surface area contributed by atoms with Crippen molar-refractivity contribution in [3.63, 3.8) is 0 Å². The number of aromatic nitrogens is 3. The first-order chi connectivity index (χ1) is 13.0. The van der Waals surface area contributed by atoms with Gasteiger partial charge in [-0.2, -0.15) is 0 Å². The van der Waals surface area contributed by atoms with Crippen LogP contribution in [0, 0.1) is 0 Å². The Morgan fingerprint density at radius 1 is 1.19 bits per heavy atom. The molecule has 0 radical (unpaired) electrons. The van der Waals surface area contributed by atoms with Gasteiger partial charge in [0.05, 0.1) is 11.7 Å². The maximum absolute atomic E-state index is 11.7. The number of anilines is 3. The summed E-state index contributed by atoms with van der Waals surface area (Å²) in [6, 6.07) is 8.67. The second-order valence-electron chi connectivity index (χ2n) is 5.86. The van der Waals surface area contributed by atoms with E-state index >= 15 is 0 Å². The van der Waals surface area contributed by atoms with Crippen LogP contribution < -0.4 is 22.1 Å². The molecule has 138 valence electrons. The monoisotopic (exact) mass is 365 g/mol. The van der Waals surface area contributed by atoms with Crippen LogP contribution in [-0.4, -0.2) is 32.8 Å². The fourth-order valence-electron chi connectivity index (χ4n) is 2.57. The fourth-order valence-corrected chi connectivity index (χ4v) is 2.57. The molecule has 2 amide bonds. The van der Waals surface area contributed by atoms with Crippen molar-refractivity contribution in [1.82, 2.24) is 15.0 Å². The molecule has 1 aromatic carbocycles. The van der Waals surface area contributed by atoms with Crippen LogP contribution >= 0.6 is 0 Å². The number of nitrogens with two attached hydrogens (primary N) is 2. The van der Waals surface area contributed by atoms with Gasteiger partial charge in [-0.15, -0.1) is 0 Å². The highest BCUT2D eigenvalue weighted by molar-refractivity contribution is 5.96. The molecule has 1 atom stereocenters. The van der Waals surface area contributed by atoms with Crippen LogP contribution in [-0.2, 0) is 4.79 Å². The molecule has 2 heterocycles. The summed E-state index contributed by atoms with van der Waals surface area (Å²) in [4.78, 5) is 35.8. The molecule has 0 bridgehead atoms. The number of fused-ring (bicyclic) bond motifs is 1. The lowest BCUT2D eigenvalue weighted by Crippen LogP contribution is -2.35. The predicted octanol–water partition coefficient (Wildman–Crippen LogP) is 1.54. The molecule has 0 fully saturated rings. The van der Waals surface area contributed by atoms with E-state index in [9.17, 15) is 9.59 Å². The summed E-state index contributed by atoms with van der Waals surface area (Å²) in [5.74, 6) is -0.749. The number of benzene rings is 1. The van der Waals surface area contributed by atoms with Crippen LogP contribution in [0.15, 0.2) is 42.7 Å². The maximum atomic E-state index is 11.7. The summed E-state index contributed by atoms with van der Waals surface area (Å²) >= 11 is 0. The first-order valence-corrected chi connectivity index (χ1v) is 8.32. The smallest absolute Gasteiger partial charge is 0.271 e. The molecule has 9 nitrogen and oxygen atoms in total. The number of amides is 2. The molecule has 3 rings (SSSR count). The van der Waals surface area contributed by atoms with Crippen molar-refractivity contribution in [2.75, 3.05) is 10.6 Å². The summed E-state index contributed by atoms with van der Waals surface area (Å²) in [6.07, 6.45) is 3.53. The lowest BCUT2D eigenvalue weighted by atomic mass is 10.2. The predicted molar refractivity (Wildman–Crippen MR) is 102 cm³/mol. The van der Waals surface area contributed by atoms with Crippen molar-refractivity contribution in [2.45, 2.75) is 19.4 Å². The van der Waals surface area contributed by atoms with E-state index in [0.717, 1.165) is 10.9 Å². The second kappa shape index (κ2) is 7.65. The molecule has 0 saturated carbocycles. The quantitative estimate of drug-likeness (QED) is 0.496. The largest absolute Gasteiger partial charge is 0.368 e. The molecule has 0 saturated heterocycles. The number of carbonyl (C=O) groups excluding carboxylic acids is 2. The minimum absolute atomic E-state index is 0.0149. The van der Waals surface area contributed by atoms with Crippen LogP contribution in [0.2, 0.25) is 0 Å². The van der Waals surface area contributed by atoms with Crippen LogP contribution in [0.1, 0.15) is 23.8 Å². The lowest BCUT2D eigenvalue weighted by Gasteiger charge is -2.15. The number of nitrogens with one attached hydrogen (secondary N) is 2. The van der Waals surface area contributed by atoms with Gasteiger partial charge >= 0.3 is 0 Å². The number of hydrogen-bond acceptors (Lipinski definition) is 7. The van der Waals surface area contributed by atoms with E-state index in [1.807, 2.05) is 31.2 Å². The molecular formula is C18H19N7O2. The Kier molecular flexibility index (Phi) is 5.11. The lowest BCUT2D eigenvalue weighted by molar-refractivity contribution is -0.118. The molecule has 9 heteroatoms.